The SMILES string of the molecule is COC(=O)Cn1ncnc1C=C1CN(C(C(=O)C2CC2)c2ccccc2F)CCC1SC(C)=O. The maximum Gasteiger partial charge on any atom is 0.327 e. The van der Waals surface area contributed by atoms with Crippen LogP contribution in [0, 0.1) is 11.7 Å². The van der Waals surface area contributed by atoms with Crippen LogP contribution >= 0.6 is 11.8 Å². The number of benzene rings is 1. The summed E-state index contributed by atoms with van der Waals surface area (Å²) in [5.74, 6) is -0.405. The molecule has 1 saturated heterocycles. The van der Waals surface area contributed by atoms with Crippen LogP contribution in [0.2, 0.25) is 0 Å². The van der Waals surface area contributed by atoms with Gasteiger partial charge in [0.25, 0.3) is 0 Å². The first kappa shape index (κ1) is 24.3. The average molecular weight is 487 g/mol. The molecule has 180 valence electrons. The fourth-order valence-electron chi connectivity index (χ4n) is 4.26. The molecule has 2 aromatic rings. The molecule has 34 heavy (non-hydrogen) atoms. The predicted molar refractivity (Wildman–Crippen MR) is 125 cm³/mol. The summed E-state index contributed by atoms with van der Waals surface area (Å²) in [7, 11) is 1.30. The quantitative estimate of drug-likeness (QED) is 0.526. The Morgan fingerprint density at radius 1 is 1.26 bits per heavy atom. The van der Waals surface area contributed by atoms with Crippen molar-refractivity contribution in [2.75, 3.05) is 20.2 Å². The number of hydrogen-bond donors (Lipinski definition) is 0. The van der Waals surface area contributed by atoms with Gasteiger partial charge in [-0.3, -0.25) is 19.3 Å². The zero-order chi connectivity index (χ0) is 24.2. The molecule has 0 radical (unpaired) electrons. The van der Waals surface area contributed by atoms with Gasteiger partial charge in [0.1, 0.15) is 18.7 Å². The minimum atomic E-state index is -0.687. The minimum absolute atomic E-state index is 0.0138. The first-order chi connectivity index (χ1) is 16.4. The first-order valence-corrected chi connectivity index (χ1v) is 12.1. The number of esters is 1. The summed E-state index contributed by atoms with van der Waals surface area (Å²) in [6.45, 7) is 2.34. The van der Waals surface area contributed by atoms with Gasteiger partial charge in [0, 0.05) is 36.7 Å². The molecule has 2 atom stereocenters. The Bertz CT molecular complexity index is 1110. The van der Waals surface area contributed by atoms with E-state index in [1.54, 1.807) is 18.2 Å². The maximum atomic E-state index is 14.8. The topological polar surface area (TPSA) is 94.4 Å². The maximum absolute atomic E-state index is 14.8. The largest absolute Gasteiger partial charge is 0.468 e. The standard InChI is InChI=1S/C24H27FN4O4S/c1-15(30)34-20-9-10-28(12-17(20)11-21-26-14-27-29(21)13-22(31)33-2)23(24(32)16-7-8-16)18-5-3-4-6-19(18)25/h3-6,11,14,16,20,23H,7-10,12-13H2,1-2H3. The van der Waals surface area contributed by atoms with Gasteiger partial charge in [-0.05, 0) is 37.0 Å². The highest BCUT2D eigenvalue weighted by atomic mass is 32.2. The molecule has 2 unspecified atom stereocenters. The van der Waals surface area contributed by atoms with E-state index in [9.17, 15) is 18.8 Å². The Labute approximate surface area is 201 Å². The number of ether oxygens (including phenoxy) is 1. The third-order valence-electron chi connectivity index (χ3n) is 6.07. The van der Waals surface area contributed by atoms with Crippen molar-refractivity contribution in [2.24, 2.45) is 5.92 Å². The van der Waals surface area contributed by atoms with Gasteiger partial charge in [-0.15, -0.1) is 0 Å². The summed E-state index contributed by atoms with van der Waals surface area (Å²) in [6.07, 6.45) is 5.44. The molecule has 10 heteroatoms. The molecular weight excluding hydrogens is 459 g/mol. The van der Waals surface area contributed by atoms with Crippen molar-refractivity contribution >= 4 is 34.7 Å². The lowest BCUT2D eigenvalue weighted by molar-refractivity contribution is -0.141. The normalized spacial score (nSPS) is 20.8. The van der Waals surface area contributed by atoms with E-state index in [0.29, 0.717) is 30.9 Å². The van der Waals surface area contributed by atoms with Gasteiger partial charge >= 0.3 is 5.97 Å². The Morgan fingerprint density at radius 3 is 2.71 bits per heavy atom. The van der Waals surface area contributed by atoms with E-state index in [0.717, 1.165) is 18.4 Å². The number of piperidine rings is 1. The van der Waals surface area contributed by atoms with Crippen LogP contribution in [0.25, 0.3) is 6.08 Å². The van der Waals surface area contributed by atoms with Crippen molar-refractivity contribution in [1.82, 2.24) is 19.7 Å². The van der Waals surface area contributed by atoms with Crippen molar-refractivity contribution < 1.29 is 23.5 Å². The lowest BCUT2D eigenvalue weighted by Gasteiger charge is -2.38. The third kappa shape index (κ3) is 5.61. The molecule has 1 aliphatic heterocycles. The number of aromatic nitrogens is 3. The Kier molecular flexibility index (Phi) is 7.57. The number of carbonyl (C=O) groups excluding carboxylic acids is 3. The van der Waals surface area contributed by atoms with E-state index in [2.05, 4.69) is 10.1 Å². The second-order valence-electron chi connectivity index (χ2n) is 8.53. The van der Waals surface area contributed by atoms with Gasteiger partial charge < -0.3 is 4.74 Å². The summed E-state index contributed by atoms with van der Waals surface area (Å²) >= 11 is 1.23. The van der Waals surface area contributed by atoms with Crippen molar-refractivity contribution in [3.05, 3.63) is 53.4 Å². The van der Waals surface area contributed by atoms with Crippen molar-refractivity contribution in [1.29, 1.82) is 0 Å². The van der Waals surface area contributed by atoms with E-state index in [1.807, 2.05) is 11.0 Å². The number of carbonyl (C=O) groups is 3. The van der Waals surface area contributed by atoms with E-state index >= 15 is 0 Å². The molecule has 1 aliphatic carbocycles. The highest BCUT2D eigenvalue weighted by Crippen LogP contribution is 2.40. The fourth-order valence-corrected chi connectivity index (χ4v) is 5.17. The zero-order valence-corrected chi connectivity index (χ0v) is 20.0. The zero-order valence-electron chi connectivity index (χ0n) is 19.1. The molecule has 2 heterocycles. The molecule has 8 nitrogen and oxygen atoms in total. The lowest BCUT2D eigenvalue weighted by Crippen LogP contribution is -2.43. The number of halogens is 1. The van der Waals surface area contributed by atoms with Crippen LogP contribution in [0.3, 0.4) is 0 Å². The van der Waals surface area contributed by atoms with Gasteiger partial charge in [0.2, 0.25) is 0 Å². The highest BCUT2D eigenvalue weighted by Gasteiger charge is 2.41. The van der Waals surface area contributed by atoms with E-state index in [1.165, 1.54) is 42.9 Å². The Morgan fingerprint density at radius 2 is 2.03 bits per heavy atom. The number of Topliss-reactive ketones (excluding diaryl/α,β-unsaturated/α-hetero) is 1. The van der Waals surface area contributed by atoms with Gasteiger partial charge in [0.05, 0.1) is 13.2 Å². The molecule has 0 spiro atoms. The lowest BCUT2D eigenvalue weighted by atomic mass is 9.93. The van der Waals surface area contributed by atoms with Gasteiger partial charge in [-0.2, -0.15) is 5.10 Å². The molecule has 0 amide bonds. The van der Waals surface area contributed by atoms with Crippen LogP contribution in [0.5, 0.6) is 0 Å². The third-order valence-corrected chi connectivity index (χ3v) is 7.22. The van der Waals surface area contributed by atoms with Gasteiger partial charge in [0.15, 0.2) is 16.7 Å². The number of ketones is 1. The number of methoxy groups -OCH3 is 1. The summed E-state index contributed by atoms with van der Waals surface area (Å²) < 4.78 is 20.9. The molecule has 2 aliphatic rings. The smallest absolute Gasteiger partial charge is 0.327 e. The molecule has 2 fully saturated rings. The second-order valence-corrected chi connectivity index (χ2v) is 9.91. The molecule has 1 saturated carbocycles. The number of rotatable bonds is 8. The molecule has 0 bridgehead atoms. The molecule has 4 rings (SSSR count). The summed E-state index contributed by atoms with van der Waals surface area (Å²) in [5.41, 5.74) is 1.25. The van der Waals surface area contributed by atoms with Crippen LogP contribution < -0.4 is 0 Å². The number of nitrogens with zero attached hydrogens (tertiary/aromatic N) is 4. The van der Waals surface area contributed by atoms with E-state index in [-0.39, 0.29) is 28.6 Å². The van der Waals surface area contributed by atoms with Crippen LogP contribution in [0.15, 0.2) is 36.2 Å². The predicted octanol–water partition coefficient (Wildman–Crippen LogP) is 3.05. The van der Waals surface area contributed by atoms with Crippen molar-refractivity contribution in [2.45, 2.75) is 44.0 Å². The molecule has 1 aromatic carbocycles. The summed E-state index contributed by atoms with van der Waals surface area (Å²) in [6, 6.07) is 5.73. The number of hydrogen-bond acceptors (Lipinski definition) is 8. The summed E-state index contributed by atoms with van der Waals surface area (Å²) in [5, 5.41) is 3.97. The first-order valence-electron chi connectivity index (χ1n) is 11.2. The minimum Gasteiger partial charge on any atom is -0.468 e. The molecule has 0 N–H and O–H groups in total. The fraction of sp³-hybridized carbons (Fsp3) is 0.458. The Balaban J connectivity index is 1.67. The number of likely N-dealkylation sites (tertiary alicyclic amines) is 1. The van der Waals surface area contributed by atoms with Crippen LogP contribution in [0.4, 0.5) is 4.39 Å². The van der Waals surface area contributed by atoms with E-state index < -0.39 is 17.8 Å². The van der Waals surface area contributed by atoms with Crippen LogP contribution in [0.1, 0.15) is 43.6 Å². The van der Waals surface area contributed by atoms with Crippen molar-refractivity contribution in [3.63, 3.8) is 0 Å². The number of thioether (sulfide) groups is 1. The Hall–Kier alpha value is -2.85. The second kappa shape index (κ2) is 10.6. The van der Waals surface area contributed by atoms with Crippen molar-refractivity contribution in [3.8, 4) is 0 Å². The summed E-state index contributed by atoms with van der Waals surface area (Å²) in [4.78, 5) is 43.2. The molecule has 1 aromatic heterocycles. The average Bonchev–Trinajstić information content (AvgIpc) is 3.58. The monoisotopic (exact) mass is 486 g/mol. The molecular formula is C24H27FN4O4S. The van der Waals surface area contributed by atoms with E-state index in [4.69, 9.17) is 4.74 Å². The van der Waals surface area contributed by atoms with Gasteiger partial charge in [-0.25, -0.2) is 14.1 Å². The highest BCUT2D eigenvalue weighted by molar-refractivity contribution is 8.14. The van der Waals surface area contributed by atoms with Crippen LogP contribution in [-0.4, -0.2) is 62.0 Å². The van der Waals surface area contributed by atoms with Crippen LogP contribution in [-0.2, 0) is 25.7 Å². The van der Waals surface area contributed by atoms with Gasteiger partial charge in [-0.1, -0.05) is 30.0 Å².